The highest BCUT2D eigenvalue weighted by Crippen LogP contribution is 2.10. The van der Waals surface area contributed by atoms with E-state index in [0.717, 1.165) is 26.2 Å². The molecule has 0 fully saturated rings. The maximum Gasteiger partial charge on any atom is 0.0869 e. The predicted octanol–water partition coefficient (Wildman–Crippen LogP) is -0.712. The number of hydrogen-bond donors (Lipinski definition) is 2. The Morgan fingerprint density at radius 1 is 1.27 bits per heavy atom. The second kappa shape index (κ2) is 4.70. The van der Waals surface area contributed by atoms with Crippen molar-refractivity contribution >= 4 is 0 Å². The van der Waals surface area contributed by atoms with E-state index in [0.29, 0.717) is 0 Å². The quantitative estimate of drug-likeness (QED) is 0.570. The first-order valence-electron chi connectivity index (χ1n) is 4.26. The smallest absolute Gasteiger partial charge is 0.0869 e. The molecule has 0 aliphatic heterocycles. The van der Waals surface area contributed by atoms with E-state index in [4.69, 9.17) is 5.73 Å². The molecule has 0 aromatic heterocycles. The molecule has 0 radical (unpaired) electrons. The first-order chi connectivity index (χ1) is 5.02. The van der Waals surface area contributed by atoms with Gasteiger partial charge in [0.1, 0.15) is 0 Å². The Labute approximate surface area is 69.7 Å². The molecule has 3 nitrogen and oxygen atoms in total. The van der Waals surface area contributed by atoms with Gasteiger partial charge < -0.3 is 11.5 Å². The van der Waals surface area contributed by atoms with Gasteiger partial charge in [0.05, 0.1) is 6.54 Å². The monoisotopic (exact) mass is 160 g/mol. The summed E-state index contributed by atoms with van der Waals surface area (Å²) in [5.41, 5.74) is 9.57. The van der Waals surface area contributed by atoms with E-state index in [2.05, 4.69) is 31.4 Å². The molecule has 0 saturated carbocycles. The zero-order chi connectivity index (χ0) is 8.91. The number of rotatable bonds is 4. The summed E-state index contributed by atoms with van der Waals surface area (Å²) in [7, 11) is 0. The van der Waals surface area contributed by atoms with Crippen LogP contribution in [0.15, 0.2) is 0 Å². The van der Waals surface area contributed by atoms with Crippen molar-refractivity contribution in [3.05, 3.63) is 0 Å². The molecule has 0 bridgehead atoms. The van der Waals surface area contributed by atoms with E-state index < -0.39 is 0 Å². The molecule has 5 N–H and O–H groups in total. The van der Waals surface area contributed by atoms with Crippen LogP contribution in [0.5, 0.6) is 0 Å². The van der Waals surface area contributed by atoms with Crippen LogP contribution in [0.25, 0.3) is 0 Å². The Morgan fingerprint density at radius 2 is 1.82 bits per heavy atom. The van der Waals surface area contributed by atoms with Gasteiger partial charge in [-0.3, -0.25) is 4.90 Å². The standard InChI is InChI=1S/C8H21N3/c1-8(2,3)11(6-4-9)7-5-10/h4-7,9-10H2,1-3H3/p+1. The summed E-state index contributed by atoms with van der Waals surface area (Å²) in [4.78, 5) is 2.36. The van der Waals surface area contributed by atoms with Crippen LogP contribution in [0.2, 0.25) is 0 Å². The van der Waals surface area contributed by atoms with Gasteiger partial charge in [0.2, 0.25) is 0 Å². The van der Waals surface area contributed by atoms with Crippen molar-refractivity contribution in [3.63, 3.8) is 0 Å². The SMILES string of the molecule is CC(C)(C)N(CCN)CC[NH3+]. The average Bonchev–Trinajstić information content (AvgIpc) is 1.85. The Kier molecular flexibility index (Phi) is 4.65. The van der Waals surface area contributed by atoms with Crippen LogP contribution < -0.4 is 11.5 Å². The lowest BCUT2D eigenvalue weighted by molar-refractivity contribution is -0.370. The number of quaternary nitrogens is 1. The van der Waals surface area contributed by atoms with Crippen LogP contribution in [0, 0.1) is 0 Å². The fraction of sp³-hybridized carbons (Fsp3) is 1.00. The lowest BCUT2D eigenvalue weighted by Crippen LogP contribution is -2.58. The summed E-state index contributed by atoms with van der Waals surface area (Å²) in [5.74, 6) is 0. The summed E-state index contributed by atoms with van der Waals surface area (Å²) < 4.78 is 0. The molecule has 0 spiro atoms. The Balaban J connectivity index is 3.88. The molecular weight excluding hydrogens is 138 g/mol. The highest BCUT2D eigenvalue weighted by atomic mass is 15.2. The van der Waals surface area contributed by atoms with E-state index in [9.17, 15) is 0 Å². The lowest BCUT2D eigenvalue weighted by Gasteiger charge is -2.34. The molecule has 3 heteroatoms. The summed E-state index contributed by atoms with van der Waals surface area (Å²) in [6.45, 7) is 10.3. The summed E-state index contributed by atoms with van der Waals surface area (Å²) in [6, 6.07) is 0. The van der Waals surface area contributed by atoms with Crippen molar-refractivity contribution in [2.45, 2.75) is 26.3 Å². The summed E-state index contributed by atoms with van der Waals surface area (Å²) >= 11 is 0. The van der Waals surface area contributed by atoms with Crippen LogP contribution >= 0.6 is 0 Å². The number of nitrogens with zero attached hydrogens (tertiary/aromatic N) is 1. The van der Waals surface area contributed by atoms with Gasteiger partial charge in [-0.1, -0.05) is 0 Å². The molecule has 68 valence electrons. The summed E-state index contributed by atoms with van der Waals surface area (Å²) in [5, 5.41) is 0. The van der Waals surface area contributed by atoms with Gasteiger partial charge in [0.15, 0.2) is 0 Å². The lowest BCUT2D eigenvalue weighted by atomic mass is 10.1. The van der Waals surface area contributed by atoms with E-state index in [-0.39, 0.29) is 5.54 Å². The zero-order valence-electron chi connectivity index (χ0n) is 8.06. The van der Waals surface area contributed by atoms with Crippen molar-refractivity contribution < 1.29 is 5.73 Å². The Morgan fingerprint density at radius 3 is 2.09 bits per heavy atom. The second-order valence-corrected chi connectivity index (χ2v) is 3.80. The largest absolute Gasteiger partial charge is 0.356 e. The van der Waals surface area contributed by atoms with Crippen molar-refractivity contribution in [1.29, 1.82) is 0 Å². The molecule has 0 unspecified atom stereocenters. The normalized spacial score (nSPS) is 12.5. The van der Waals surface area contributed by atoms with Crippen molar-refractivity contribution in [2.24, 2.45) is 5.73 Å². The molecule has 0 heterocycles. The average molecular weight is 160 g/mol. The Bertz CT molecular complexity index is 90.0. The van der Waals surface area contributed by atoms with Gasteiger partial charge in [0, 0.05) is 25.2 Å². The van der Waals surface area contributed by atoms with Gasteiger partial charge in [0.25, 0.3) is 0 Å². The van der Waals surface area contributed by atoms with Crippen LogP contribution in [0.4, 0.5) is 0 Å². The molecule has 0 aromatic carbocycles. The molecular formula is C8H22N3+. The van der Waals surface area contributed by atoms with Crippen molar-refractivity contribution in [1.82, 2.24) is 4.90 Å². The topological polar surface area (TPSA) is 56.9 Å². The highest BCUT2D eigenvalue weighted by molar-refractivity contribution is 4.75. The molecule has 0 aromatic rings. The second-order valence-electron chi connectivity index (χ2n) is 3.80. The molecule has 11 heavy (non-hydrogen) atoms. The molecule has 0 atom stereocenters. The van der Waals surface area contributed by atoms with E-state index >= 15 is 0 Å². The molecule has 0 amide bonds. The van der Waals surface area contributed by atoms with Gasteiger partial charge in [-0.2, -0.15) is 0 Å². The minimum absolute atomic E-state index is 0.233. The molecule has 0 aliphatic carbocycles. The van der Waals surface area contributed by atoms with Gasteiger partial charge in [-0.25, -0.2) is 0 Å². The molecule has 0 aliphatic rings. The molecule has 0 rings (SSSR count). The van der Waals surface area contributed by atoms with Crippen LogP contribution in [0.1, 0.15) is 20.8 Å². The van der Waals surface area contributed by atoms with E-state index in [1.54, 1.807) is 0 Å². The zero-order valence-corrected chi connectivity index (χ0v) is 8.06. The maximum absolute atomic E-state index is 5.49. The van der Waals surface area contributed by atoms with Gasteiger partial charge >= 0.3 is 0 Å². The first kappa shape index (κ1) is 10.9. The minimum Gasteiger partial charge on any atom is -0.356 e. The third-order valence-corrected chi connectivity index (χ3v) is 1.78. The first-order valence-corrected chi connectivity index (χ1v) is 4.26. The van der Waals surface area contributed by atoms with Crippen molar-refractivity contribution in [3.8, 4) is 0 Å². The Hall–Kier alpha value is -0.120. The van der Waals surface area contributed by atoms with Crippen LogP contribution in [0.3, 0.4) is 0 Å². The summed E-state index contributed by atoms with van der Waals surface area (Å²) in [6.07, 6.45) is 0. The number of hydrogen-bond acceptors (Lipinski definition) is 2. The maximum atomic E-state index is 5.49. The van der Waals surface area contributed by atoms with E-state index in [1.807, 2.05) is 0 Å². The van der Waals surface area contributed by atoms with Crippen molar-refractivity contribution in [2.75, 3.05) is 26.2 Å². The fourth-order valence-corrected chi connectivity index (χ4v) is 1.13. The fourth-order valence-electron chi connectivity index (χ4n) is 1.13. The number of nitrogens with two attached hydrogens (primary N) is 1. The predicted molar refractivity (Wildman–Crippen MR) is 48.1 cm³/mol. The van der Waals surface area contributed by atoms with E-state index in [1.165, 1.54) is 0 Å². The van der Waals surface area contributed by atoms with Crippen LogP contribution in [-0.2, 0) is 0 Å². The third kappa shape index (κ3) is 4.35. The van der Waals surface area contributed by atoms with Gasteiger partial charge in [-0.05, 0) is 20.8 Å². The van der Waals surface area contributed by atoms with Crippen LogP contribution in [-0.4, -0.2) is 36.6 Å². The minimum atomic E-state index is 0.233. The molecule has 0 saturated heterocycles. The highest BCUT2D eigenvalue weighted by Gasteiger charge is 2.19. The third-order valence-electron chi connectivity index (χ3n) is 1.78. The van der Waals surface area contributed by atoms with Gasteiger partial charge in [-0.15, -0.1) is 0 Å².